The van der Waals surface area contributed by atoms with Crippen LogP contribution in [0.4, 0.5) is 0 Å². The molecule has 0 bridgehead atoms. The highest BCUT2D eigenvalue weighted by atomic mass is 35.5. The van der Waals surface area contributed by atoms with Gasteiger partial charge in [-0.25, -0.2) is 4.68 Å². The van der Waals surface area contributed by atoms with E-state index in [-0.39, 0.29) is 0 Å². The summed E-state index contributed by atoms with van der Waals surface area (Å²) in [5.74, 6) is 2.12. The molecule has 0 amide bonds. The molecule has 34 heavy (non-hydrogen) atoms. The molecular formula is C25H21ClN6OS. The SMILES string of the molecule is COc1ccc(-n2c(SCc3c(C)nn(-c4ccccc4)c3Cl)nnc2-c2ccncc2)cc1. The summed E-state index contributed by atoms with van der Waals surface area (Å²) >= 11 is 8.31. The minimum atomic E-state index is 0.598. The molecule has 170 valence electrons. The Morgan fingerprint density at radius 2 is 1.65 bits per heavy atom. The number of benzene rings is 2. The van der Waals surface area contributed by atoms with Crippen LogP contribution in [-0.4, -0.2) is 36.6 Å². The Morgan fingerprint density at radius 3 is 2.35 bits per heavy atom. The lowest BCUT2D eigenvalue weighted by atomic mass is 10.2. The van der Waals surface area contributed by atoms with Gasteiger partial charge < -0.3 is 4.74 Å². The molecule has 0 spiro atoms. The van der Waals surface area contributed by atoms with E-state index in [2.05, 4.69) is 20.3 Å². The number of hydrogen-bond donors (Lipinski definition) is 0. The summed E-state index contributed by atoms with van der Waals surface area (Å²) < 4.78 is 9.12. The van der Waals surface area contributed by atoms with Crippen molar-refractivity contribution in [1.29, 1.82) is 0 Å². The largest absolute Gasteiger partial charge is 0.497 e. The second-order valence-corrected chi connectivity index (χ2v) is 8.77. The molecule has 0 radical (unpaired) electrons. The minimum absolute atomic E-state index is 0.598. The number of thioether (sulfide) groups is 1. The predicted octanol–water partition coefficient (Wildman–Crippen LogP) is 5.78. The fourth-order valence-corrected chi connectivity index (χ4v) is 5.04. The molecule has 3 heterocycles. The summed E-state index contributed by atoms with van der Waals surface area (Å²) in [5, 5.41) is 15.0. The van der Waals surface area contributed by atoms with Gasteiger partial charge in [-0.3, -0.25) is 9.55 Å². The van der Waals surface area contributed by atoms with Crippen LogP contribution in [0.5, 0.6) is 5.75 Å². The standard InChI is InChI=1S/C25H21ClN6OS/c1-17-22(23(26)32(30-17)20-6-4-3-5-7-20)16-34-25-29-28-24(18-12-14-27-15-13-18)31(25)19-8-10-21(33-2)11-9-19/h3-15H,16H2,1-2H3. The van der Waals surface area contributed by atoms with Crippen molar-refractivity contribution in [3.8, 4) is 28.5 Å². The average molecular weight is 489 g/mol. The summed E-state index contributed by atoms with van der Waals surface area (Å²) in [6.07, 6.45) is 3.49. The molecule has 0 fully saturated rings. The van der Waals surface area contributed by atoms with Crippen molar-refractivity contribution in [2.45, 2.75) is 17.8 Å². The van der Waals surface area contributed by atoms with E-state index in [9.17, 15) is 0 Å². The molecule has 2 aromatic carbocycles. The van der Waals surface area contributed by atoms with E-state index in [4.69, 9.17) is 16.3 Å². The molecule has 5 rings (SSSR count). The maximum Gasteiger partial charge on any atom is 0.196 e. The Balaban J connectivity index is 1.50. The Morgan fingerprint density at radius 1 is 0.912 bits per heavy atom. The first-order valence-corrected chi connectivity index (χ1v) is 11.9. The van der Waals surface area contributed by atoms with Crippen LogP contribution in [0, 0.1) is 6.92 Å². The fraction of sp³-hybridized carbons (Fsp3) is 0.120. The number of rotatable bonds is 7. The molecule has 0 atom stereocenters. The van der Waals surface area contributed by atoms with E-state index in [0.29, 0.717) is 10.9 Å². The number of nitrogens with zero attached hydrogens (tertiary/aromatic N) is 6. The highest BCUT2D eigenvalue weighted by molar-refractivity contribution is 7.98. The topological polar surface area (TPSA) is 70.7 Å². The third-order valence-electron chi connectivity index (χ3n) is 5.37. The Labute approximate surface area is 206 Å². The van der Waals surface area contributed by atoms with E-state index in [1.165, 1.54) is 0 Å². The molecule has 0 unspecified atom stereocenters. The van der Waals surface area contributed by atoms with Gasteiger partial charge in [0.15, 0.2) is 11.0 Å². The van der Waals surface area contributed by atoms with Crippen molar-refractivity contribution in [1.82, 2.24) is 29.5 Å². The van der Waals surface area contributed by atoms with Crippen LogP contribution in [0.2, 0.25) is 5.15 Å². The molecule has 5 aromatic rings. The number of methoxy groups -OCH3 is 1. The molecule has 0 N–H and O–H groups in total. The second kappa shape index (κ2) is 9.70. The van der Waals surface area contributed by atoms with E-state index < -0.39 is 0 Å². The van der Waals surface area contributed by atoms with Crippen LogP contribution in [0.1, 0.15) is 11.3 Å². The minimum Gasteiger partial charge on any atom is -0.497 e. The molecule has 0 aliphatic rings. The smallest absolute Gasteiger partial charge is 0.196 e. The van der Waals surface area contributed by atoms with Gasteiger partial charge in [0, 0.05) is 35.0 Å². The number of aryl methyl sites for hydroxylation is 1. The van der Waals surface area contributed by atoms with Crippen molar-refractivity contribution in [3.05, 3.63) is 95.5 Å². The zero-order chi connectivity index (χ0) is 23.5. The molecule has 9 heteroatoms. The third kappa shape index (κ3) is 4.30. The first-order valence-electron chi connectivity index (χ1n) is 10.6. The van der Waals surface area contributed by atoms with Crippen molar-refractivity contribution >= 4 is 23.4 Å². The molecule has 0 aliphatic carbocycles. The number of para-hydroxylation sites is 1. The number of pyridine rings is 1. The maximum atomic E-state index is 6.75. The Kier molecular flexibility index (Phi) is 6.33. The summed E-state index contributed by atoms with van der Waals surface area (Å²) in [6.45, 7) is 1.97. The van der Waals surface area contributed by atoms with Crippen molar-refractivity contribution < 1.29 is 4.74 Å². The first kappa shape index (κ1) is 22.2. The van der Waals surface area contributed by atoms with E-state index in [0.717, 1.165) is 44.9 Å². The number of hydrogen-bond acceptors (Lipinski definition) is 6. The molecular weight excluding hydrogens is 468 g/mol. The van der Waals surface area contributed by atoms with Crippen molar-refractivity contribution in [3.63, 3.8) is 0 Å². The van der Waals surface area contributed by atoms with Crippen LogP contribution in [0.25, 0.3) is 22.8 Å². The second-order valence-electron chi connectivity index (χ2n) is 7.47. The van der Waals surface area contributed by atoms with Crippen LogP contribution < -0.4 is 4.74 Å². The number of aromatic nitrogens is 6. The zero-order valence-electron chi connectivity index (χ0n) is 18.6. The van der Waals surface area contributed by atoms with Crippen LogP contribution in [-0.2, 0) is 5.75 Å². The first-order chi connectivity index (χ1) is 16.7. The lowest BCUT2D eigenvalue weighted by Crippen LogP contribution is -2.00. The van der Waals surface area contributed by atoms with Crippen LogP contribution in [0.3, 0.4) is 0 Å². The van der Waals surface area contributed by atoms with Gasteiger partial charge >= 0.3 is 0 Å². The third-order valence-corrected chi connectivity index (χ3v) is 6.71. The summed E-state index contributed by atoms with van der Waals surface area (Å²) in [5.41, 5.74) is 4.63. The van der Waals surface area contributed by atoms with E-state index >= 15 is 0 Å². The summed E-state index contributed by atoms with van der Waals surface area (Å²) in [7, 11) is 1.65. The van der Waals surface area contributed by atoms with Gasteiger partial charge in [0.2, 0.25) is 0 Å². The predicted molar refractivity (Wildman–Crippen MR) is 134 cm³/mol. The Hall–Kier alpha value is -3.62. The number of halogens is 1. The van der Waals surface area contributed by atoms with Gasteiger partial charge in [0.1, 0.15) is 10.9 Å². The summed E-state index contributed by atoms with van der Waals surface area (Å²) in [6, 6.07) is 21.5. The molecule has 0 aliphatic heterocycles. The van der Waals surface area contributed by atoms with Crippen LogP contribution in [0.15, 0.2) is 84.3 Å². The van der Waals surface area contributed by atoms with Crippen molar-refractivity contribution in [2.24, 2.45) is 0 Å². The van der Waals surface area contributed by atoms with Gasteiger partial charge in [-0.15, -0.1) is 10.2 Å². The quantitative estimate of drug-likeness (QED) is 0.270. The summed E-state index contributed by atoms with van der Waals surface area (Å²) in [4.78, 5) is 4.12. The highest BCUT2D eigenvalue weighted by Gasteiger charge is 2.20. The maximum absolute atomic E-state index is 6.75. The monoisotopic (exact) mass is 488 g/mol. The van der Waals surface area contributed by atoms with Gasteiger partial charge in [-0.2, -0.15) is 5.10 Å². The van der Waals surface area contributed by atoms with E-state index in [1.54, 1.807) is 35.9 Å². The molecule has 7 nitrogen and oxygen atoms in total. The zero-order valence-corrected chi connectivity index (χ0v) is 20.2. The average Bonchev–Trinajstić information content (AvgIpc) is 3.44. The molecule has 0 saturated heterocycles. The molecule has 3 aromatic heterocycles. The molecule has 0 saturated carbocycles. The van der Waals surface area contributed by atoms with Crippen LogP contribution >= 0.6 is 23.4 Å². The van der Waals surface area contributed by atoms with Gasteiger partial charge in [0.25, 0.3) is 0 Å². The fourth-order valence-electron chi connectivity index (χ4n) is 3.59. The van der Waals surface area contributed by atoms with Crippen molar-refractivity contribution in [2.75, 3.05) is 7.11 Å². The van der Waals surface area contributed by atoms with E-state index in [1.807, 2.05) is 78.2 Å². The lowest BCUT2D eigenvalue weighted by Gasteiger charge is -2.11. The highest BCUT2D eigenvalue weighted by Crippen LogP contribution is 2.33. The van der Waals surface area contributed by atoms with Gasteiger partial charge in [-0.05, 0) is 55.5 Å². The lowest BCUT2D eigenvalue weighted by molar-refractivity contribution is 0.414. The van der Waals surface area contributed by atoms with Gasteiger partial charge in [0.05, 0.1) is 18.5 Å². The number of ether oxygens (including phenoxy) is 1. The normalized spacial score (nSPS) is 11.0. The Bertz CT molecular complexity index is 1400. The van der Waals surface area contributed by atoms with Gasteiger partial charge in [-0.1, -0.05) is 41.6 Å².